The number of benzene rings is 2. The third-order valence-electron chi connectivity index (χ3n) is 4.47. The van der Waals surface area contributed by atoms with E-state index < -0.39 is 11.9 Å². The van der Waals surface area contributed by atoms with Gasteiger partial charge in [0, 0.05) is 13.1 Å². The highest BCUT2D eigenvalue weighted by Gasteiger charge is 2.19. The summed E-state index contributed by atoms with van der Waals surface area (Å²) in [4.78, 5) is 26.6. The van der Waals surface area contributed by atoms with E-state index in [1.54, 1.807) is 12.1 Å². The summed E-state index contributed by atoms with van der Waals surface area (Å²) < 4.78 is 21.0. The number of nitrogens with zero attached hydrogens (tertiary/aromatic N) is 1. The number of ether oxygens (including phenoxy) is 4. The van der Waals surface area contributed by atoms with Gasteiger partial charge in [-0.1, -0.05) is 12.1 Å². The normalized spacial score (nSPS) is 15.2. The van der Waals surface area contributed by atoms with Gasteiger partial charge in [0.25, 0.3) is 5.91 Å². The molecule has 0 radical (unpaired) electrons. The lowest BCUT2D eigenvalue weighted by atomic mass is 10.2. The van der Waals surface area contributed by atoms with Crippen molar-refractivity contribution in [1.82, 2.24) is 0 Å². The average molecular weight is 384 g/mol. The van der Waals surface area contributed by atoms with Gasteiger partial charge < -0.3 is 29.2 Å². The summed E-state index contributed by atoms with van der Waals surface area (Å²) >= 11 is 0. The first-order chi connectivity index (χ1) is 13.7. The number of rotatable bonds is 5. The van der Waals surface area contributed by atoms with Gasteiger partial charge in [-0.15, -0.1) is 0 Å². The molecule has 1 N–H and O–H groups in total. The molecule has 0 atom stereocenters. The van der Waals surface area contributed by atoms with Crippen molar-refractivity contribution in [1.29, 1.82) is 0 Å². The molecule has 2 aromatic rings. The molecule has 2 heterocycles. The van der Waals surface area contributed by atoms with Crippen LogP contribution in [0.4, 0.5) is 11.4 Å². The van der Waals surface area contributed by atoms with Crippen molar-refractivity contribution in [3.63, 3.8) is 0 Å². The topological polar surface area (TPSA) is 86.3 Å². The van der Waals surface area contributed by atoms with Gasteiger partial charge in [-0.05, 0) is 30.3 Å². The molecular formula is C20H20N2O6. The summed E-state index contributed by atoms with van der Waals surface area (Å²) in [6.07, 6.45) is 0. The van der Waals surface area contributed by atoms with Crippen LogP contribution >= 0.6 is 0 Å². The molecule has 8 heteroatoms. The number of anilines is 2. The van der Waals surface area contributed by atoms with Gasteiger partial charge in [0.05, 0.1) is 30.2 Å². The summed E-state index contributed by atoms with van der Waals surface area (Å²) in [7, 11) is 0. The Balaban J connectivity index is 1.35. The predicted octanol–water partition coefficient (Wildman–Crippen LogP) is 2.05. The molecule has 8 nitrogen and oxygen atoms in total. The van der Waals surface area contributed by atoms with Gasteiger partial charge in [0.2, 0.25) is 6.79 Å². The zero-order valence-electron chi connectivity index (χ0n) is 15.2. The minimum absolute atomic E-state index is 0.124. The number of carbonyl (C=O) groups excluding carboxylic acids is 2. The molecule has 0 bridgehead atoms. The standard InChI is InChI=1S/C20H20N2O6/c23-19(12-26-20(24)14-5-6-17-18(11-14)28-13-27-17)21-15-3-1-2-4-16(15)22-7-9-25-10-8-22/h1-6,11H,7-10,12-13H2,(H,21,23). The van der Waals surface area contributed by atoms with Crippen molar-refractivity contribution in [2.45, 2.75) is 0 Å². The van der Waals surface area contributed by atoms with Crippen molar-refractivity contribution in [3.05, 3.63) is 48.0 Å². The zero-order valence-corrected chi connectivity index (χ0v) is 15.2. The number of nitrogens with one attached hydrogen (secondary N) is 1. The molecule has 0 aromatic heterocycles. The summed E-state index contributed by atoms with van der Waals surface area (Å²) in [5, 5.41) is 2.81. The van der Waals surface area contributed by atoms with Crippen LogP contribution in [0.1, 0.15) is 10.4 Å². The van der Waals surface area contributed by atoms with E-state index in [9.17, 15) is 9.59 Å². The quantitative estimate of drug-likeness (QED) is 0.790. The number of hydrogen-bond donors (Lipinski definition) is 1. The van der Waals surface area contributed by atoms with Crippen LogP contribution in [0.25, 0.3) is 0 Å². The first-order valence-corrected chi connectivity index (χ1v) is 8.99. The van der Waals surface area contributed by atoms with Gasteiger partial charge in [-0.2, -0.15) is 0 Å². The van der Waals surface area contributed by atoms with Crippen molar-refractivity contribution >= 4 is 23.3 Å². The van der Waals surface area contributed by atoms with Crippen molar-refractivity contribution < 1.29 is 28.5 Å². The highest BCUT2D eigenvalue weighted by atomic mass is 16.7. The van der Waals surface area contributed by atoms with Crippen molar-refractivity contribution in [2.75, 3.05) is 49.9 Å². The summed E-state index contributed by atoms with van der Waals surface area (Å²) in [5.74, 6) is 0.0528. The number of esters is 1. The number of hydrogen-bond acceptors (Lipinski definition) is 7. The van der Waals surface area contributed by atoms with E-state index in [1.807, 2.05) is 24.3 Å². The SMILES string of the molecule is O=C(COC(=O)c1ccc2c(c1)OCO2)Nc1ccccc1N1CCOCC1. The summed E-state index contributed by atoms with van der Waals surface area (Å²) in [6, 6.07) is 12.3. The van der Waals surface area contributed by atoms with Gasteiger partial charge >= 0.3 is 5.97 Å². The van der Waals surface area contributed by atoms with Crippen molar-refractivity contribution in [2.24, 2.45) is 0 Å². The first kappa shape index (κ1) is 18.1. The number of amides is 1. The Labute approximate surface area is 161 Å². The molecule has 2 aliphatic rings. The second kappa shape index (κ2) is 8.18. The molecule has 28 heavy (non-hydrogen) atoms. The molecular weight excluding hydrogens is 364 g/mol. The van der Waals surface area contributed by atoms with Gasteiger partial charge in [-0.3, -0.25) is 4.79 Å². The smallest absolute Gasteiger partial charge is 0.338 e. The molecule has 1 fully saturated rings. The Bertz CT molecular complexity index is 879. The molecule has 0 spiro atoms. The lowest BCUT2D eigenvalue weighted by Crippen LogP contribution is -2.36. The van der Waals surface area contributed by atoms with Crippen LogP contribution in [0.15, 0.2) is 42.5 Å². The van der Waals surface area contributed by atoms with E-state index in [-0.39, 0.29) is 13.4 Å². The molecule has 2 aromatic carbocycles. The Morgan fingerprint density at radius 2 is 1.82 bits per heavy atom. The predicted molar refractivity (Wildman–Crippen MR) is 101 cm³/mol. The fourth-order valence-corrected chi connectivity index (χ4v) is 3.08. The van der Waals surface area contributed by atoms with Crippen LogP contribution < -0.4 is 19.7 Å². The highest BCUT2D eigenvalue weighted by Crippen LogP contribution is 2.32. The van der Waals surface area contributed by atoms with E-state index in [0.29, 0.717) is 36.0 Å². The maximum absolute atomic E-state index is 12.3. The van der Waals surface area contributed by atoms with Crippen LogP contribution in [0.5, 0.6) is 11.5 Å². The minimum atomic E-state index is -0.602. The lowest BCUT2D eigenvalue weighted by molar-refractivity contribution is -0.119. The Kier molecular flexibility index (Phi) is 5.29. The molecule has 0 saturated carbocycles. The summed E-state index contributed by atoms with van der Waals surface area (Å²) in [5.41, 5.74) is 1.89. The fraction of sp³-hybridized carbons (Fsp3) is 0.300. The third-order valence-corrected chi connectivity index (χ3v) is 4.47. The first-order valence-electron chi connectivity index (χ1n) is 8.99. The third kappa shape index (κ3) is 4.01. The van der Waals surface area contributed by atoms with E-state index in [0.717, 1.165) is 18.8 Å². The lowest BCUT2D eigenvalue weighted by Gasteiger charge is -2.30. The molecule has 2 aliphatic heterocycles. The Hall–Kier alpha value is -3.26. The van der Waals surface area contributed by atoms with Crippen molar-refractivity contribution in [3.8, 4) is 11.5 Å². The molecule has 0 unspecified atom stereocenters. The van der Waals surface area contributed by atoms with E-state index in [4.69, 9.17) is 18.9 Å². The van der Waals surface area contributed by atoms with Gasteiger partial charge in [0.15, 0.2) is 18.1 Å². The van der Waals surface area contributed by atoms with Crippen LogP contribution in [0.3, 0.4) is 0 Å². The molecule has 1 amide bonds. The van der Waals surface area contributed by atoms with E-state index >= 15 is 0 Å². The summed E-state index contributed by atoms with van der Waals surface area (Å²) in [6.45, 7) is 2.55. The van der Waals surface area contributed by atoms with Gasteiger partial charge in [-0.25, -0.2) is 4.79 Å². The fourth-order valence-electron chi connectivity index (χ4n) is 3.08. The van der Waals surface area contributed by atoms with Crippen LogP contribution in [-0.2, 0) is 14.3 Å². The monoisotopic (exact) mass is 384 g/mol. The maximum atomic E-state index is 12.3. The maximum Gasteiger partial charge on any atom is 0.338 e. The van der Waals surface area contributed by atoms with Crippen LogP contribution in [-0.4, -0.2) is 51.6 Å². The molecule has 146 valence electrons. The number of fused-ring (bicyclic) bond motifs is 1. The van der Waals surface area contributed by atoms with E-state index in [2.05, 4.69) is 10.2 Å². The number of carbonyl (C=O) groups is 2. The highest BCUT2D eigenvalue weighted by molar-refractivity contribution is 5.97. The number of para-hydroxylation sites is 2. The Morgan fingerprint density at radius 3 is 2.68 bits per heavy atom. The second-order valence-corrected chi connectivity index (χ2v) is 6.31. The second-order valence-electron chi connectivity index (χ2n) is 6.31. The number of morpholine rings is 1. The molecule has 4 rings (SSSR count). The largest absolute Gasteiger partial charge is 0.454 e. The minimum Gasteiger partial charge on any atom is -0.454 e. The molecule has 0 aliphatic carbocycles. The van der Waals surface area contributed by atoms with E-state index in [1.165, 1.54) is 6.07 Å². The van der Waals surface area contributed by atoms with Crippen LogP contribution in [0, 0.1) is 0 Å². The molecule has 1 saturated heterocycles. The average Bonchev–Trinajstić information content (AvgIpc) is 3.21. The van der Waals surface area contributed by atoms with Gasteiger partial charge in [0.1, 0.15) is 0 Å². The Morgan fingerprint density at radius 1 is 1.04 bits per heavy atom. The zero-order chi connectivity index (χ0) is 19.3. The van der Waals surface area contributed by atoms with Crippen LogP contribution in [0.2, 0.25) is 0 Å².